The summed E-state index contributed by atoms with van der Waals surface area (Å²) >= 11 is 0. The highest BCUT2D eigenvalue weighted by Gasteiger charge is 2.37. The lowest BCUT2D eigenvalue weighted by Gasteiger charge is -2.26. The quantitative estimate of drug-likeness (QED) is 0.338. The summed E-state index contributed by atoms with van der Waals surface area (Å²) in [5, 5.41) is 21.6. The van der Waals surface area contributed by atoms with Gasteiger partial charge in [0.1, 0.15) is 24.4 Å². The van der Waals surface area contributed by atoms with E-state index in [1.807, 2.05) is 0 Å². The molecular weight excluding hydrogens is 416 g/mol. The third-order valence-electron chi connectivity index (χ3n) is 6.30. The fraction of sp³-hybridized carbons (Fsp3) is 0.895. The third-order valence-corrected chi connectivity index (χ3v) is 6.30. The average molecular weight is 444 g/mol. The van der Waals surface area contributed by atoms with Gasteiger partial charge in [0.05, 0.1) is 0 Å². The smallest absolute Gasteiger partial charge is 0.431 e. The highest BCUT2D eigenvalue weighted by atomic mass is 16.8. The lowest BCUT2D eigenvalue weighted by molar-refractivity contribution is -0.527. The third kappa shape index (κ3) is 6.66. The molecule has 174 valence electrons. The van der Waals surface area contributed by atoms with Gasteiger partial charge >= 0.3 is 12.3 Å². The van der Waals surface area contributed by atoms with Gasteiger partial charge in [-0.3, -0.25) is 20.2 Å². The van der Waals surface area contributed by atoms with Gasteiger partial charge in [-0.1, -0.05) is 0 Å². The molecule has 2 unspecified atom stereocenters. The van der Waals surface area contributed by atoms with Crippen molar-refractivity contribution in [2.24, 2.45) is 0 Å². The number of nitrogens with zero attached hydrogens (tertiary/aromatic N) is 2. The van der Waals surface area contributed by atoms with E-state index in [2.05, 4.69) is 0 Å². The summed E-state index contributed by atoms with van der Waals surface area (Å²) in [6.45, 7) is 0. The monoisotopic (exact) mass is 444 g/mol. The van der Waals surface area contributed by atoms with Crippen molar-refractivity contribution < 1.29 is 38.4 Å². The van der Waals surface area contributed by atoms with E-state index in [4.69, 9.17) is 18.9 Å². The molecule has 0 aliphatic heterocycles. The maximum atomic E-state index is 12.1. The molecule has 0 aromatic rings. The summed E-state index contributed by atoms with van der Waals surface area (Å²) in [7, 11) is 0. The first-order chi connectivity index (χ1) is 14.8. The minimum absolute atomic E-state index is 0.304. The first-order valence-corrected chi connectivity index (χ1v) is 10.8. The Labute approximate surface area is 178 Å². The van der Waals surface area contributed by atoms with Crippen LogP contribution in [0.2, 0.25) is 0 Å². The van der Waals surface area contributed by atoms with Crippen molar-refractivity contribution >= 4 is 12.3 Å². The van der Waals surface area contributed by atoms with Gasteiger partial charge in [-0.05, 0) is 44.9 Å². The molecule has 0 amide bonds. The summed E-state index contributed by atoms with van der Waals surface area (Å²) in [6, 6.07) is -1.19. The van der Waals surface area contributed by atoms with E-state index < -0.39 is 48.8 Å². The molecule has 3 rings (SSSR count). The number of carbonyl (C=O) groups is 2. The molecule has 0 saturated heterocycles. The van der Waals surface area contributed by atoms with Crippen LogP contribution < -0.4 is 0 Å². The molecule has 3 fully saturated rings. The van der Waals surface area contributed by atoms with Gasteiger partial charge in [0.15, 0.2) is 0 Å². The Morgan fingerprint density at radius 2 is 0.935 bits per heavy atom. The van der Waals surface area contributed by atoms with Crippen LogP contribution in [-0.2, 0) is 18.9 Å². The fourth-order valence-electron chi connectivity index (χ4n) is 4.48. The molecule has 0 bridgehead atoms. The van der Waals surface area contributed by atoms with E-state index in [0.29, 0.717) is 70.6 Å². The van der Waals surface area contributed by atoms with Crippen molar-refractivity contribution in [1.29, 1.82) is 0 Å². The van der Waals surface area contributed by atoms with Gasteiger partial charge in [-0.2, -0.15) is 0 Å². The van der Waals surface area contributed by atoms with Gasteiger partial charge < -0.3 is 18.9 Å². The van der Waals surface area contributed by atoms with Gasteiger partial charge in [-0.15, -0.1) is 0 Å². The van der Waals surface area contributed by atoms with Gasteiger partial charge in [0, 0.05) is 35.5 Å². The normalized spacial score (nSPS) is 33.2. The maximum Gasteiger partial charge on any atom is 0.508 e. The van der Waals surface area contributed by atoms with Crippen LogP contribution in [0.5, 0.6) is 0 Å². The molecule has 12 heteroatoms. The highest BCUT2D eigenvalue weighted by Crippen LogP contribution is 2.29. The molecule has 0 heterocycles. The number of nitro groups is 2. The van der Waals surface area contributed by atoms with Gasteiger partial charge in [0.25, 0.3) is 0 Å². The summed E-state index contributed by atoms with van der Waals surface area (Å²) < 4.78 is 21.2. The van der Waals surface area contributed by atoms with E-state index >= 15 is 0 Å². The highest BCUT2D eigenvalue weighted by molar-refractivity contribution is 5.62. The van der Waals surface area contributed by atoms with E-state index in [-0.39, 0.29) is 9.85 Å². The zero-order valence-electron chi connectivity index (χ0n) is 17.2. The zero-order valence-corrected chi connectivity index (χ0v) is 17.2. The van der Waals surface area contributed by atoms with Crippen molar-refractivity contribution in [2.75, 3.05) is 0 Å². The molecule has 3 saturated carbocycles. The summed E-state index contributed by atoms with van der Waals surface area (Å²) in [5.41, 5.74) is 0. The number of carbonyl (C=O) groups excluding carboxylic acids is 2. The Morgan fingerprint density at radius 3 is 1.26 bits per heavy atom. The number of ether oxygens (including phenoxy) is 4. The second kappa shape index (κ2) is 10.6. The van der Waals surface area contributed by atoms with E-state index in [0.717, 1.165) is 0 Å². The molecule has 31 heavy (non-hydrogen) atoms. The van der Waals surface area contributed by atoms with Gasteiger partial charge in [0.2, 0.25) is 12.1 Å². The van der Waals surface area contributed by atoms with Crippen LogP contribution in [-0.4, -0.2) is 58.7 Å². The van der Waals surface area contributed by atoms with E-state index in [9.17, 15) is 29.8 Å². The SMILES string of the molecule is O=C(OC1CCC([N+](=O)[O-])CC1)OC1CCCC1OC(=O)OC1CCC([N+](=O)[O-])CC1. The Hall–Kier alpha value is -2.66. The Bertz CT molecular complexity index is 615. The van der Waals surface area contributed by atoms with Crippen LogP contribution in [0.3, 0.4) is 0 Å². The first-order valence-electron chi connectivity index (χ1n) is 10.8. The van der Waals surface area contributed by atoms with Crippen LogP contribution in [0.4, 0.5) is 9.59 Å². The Balaban J connectivity index is 1.37. The minimum atomic E-state index is -0.864. The predicted octanol–water partition coefficient (Wildman–Crippen LogP) is 3.39. The second-order valence-corrected chi connectivity index (χ2v) is 8.41. The summed E-state index contributed by atoms with van der Waals surface area (Å²) in [4.78, 5) is 45.2. The second-order valence-electron chi connectivity index (χ2n) is 8.41. The van der Waals surface area contributed by atoms with Crippen LogP contribution in [0.1, 0.15) is 70.6 Å². The van der Waals surface area contributed by atoms with E-state index in [1.165, 1.54) is 0 Å². The average Bonchev–Trinajstić information content (AvgIpc) is 3.14. The predicted molar refractivity (Wildman–Crippen MR) is 103 cm³/mol. The standard InChI is InChI=1S/C19H28N2O10/c22-18(28-14-8-4-12(5-9-14)20(24)25)30-16-2-1-3-17(16)31-19(23)29-15-10-6-13(7-11-15)21(26)27/h12-17H,1-11H2. The Kier molecular flexibility index (Phi) is 7.85. The minimum Gasteiger partial charge on any atom is -0.431 e. The zero-order chi connectivity index (χ0) is 22.4. The molecule has 0 spiro atoms. The lowest BCUT2D eigenvalue weighted by atomic mass is 9.93. The maximum absolute atomic E-state index is 12.1. The topological polar surface area (TPSA) is 157 Å². The largest absolute Gasteiger partial charge is 0.508 e. The van der Waals surface area contributed by atoms with Gasteiger partial charge in [-0.25, -0.2) is 9.59 Å². The van der Waals surface area contributed by atoms with Crippen molar-refractivity contribution in [2.45, 2.75) is 107 Å². The number of rotatable bonds is 6. The fourth-order valence-corrected chi connectivity index (χ4v) is 4.48. The first kappa shape index (κ1) is 23.0. The molecule has 12 nitrogen and oxygen atoms in total. The van der Waals surface area contributed by atoms with Crippen LogP contribution >= 0.6 is 0 Å². The van der Waals surface area contributed by atoms with Crippen molar-refractivity contribution in [3.05, 3.63) is 20.2 Å². The molecule has 3 aliphatic rings. The summed E-state index contributed by atoms with van der Waals surface area (Å²) in [6.07, 6.45) is 0.999. The summed E-state index contributed by atoms with van der Waals surface area (Å²) in [5.74, 6) is 0. The van der Waals surface area contributed by atoms with Crippen LogP contribution in [0, 0.1) is 20.2 Å². The number of hydrogen-bond donors (Lipinski definition) is 0. The number of hydrogen-bond acceptors (Lipinski definition) is 10. The molecule has 0 aromatic heterocycles. The van der Waals surface area contributed by atoms with Crippen molar-refractivity contribution in [3.8, 4) is 0 Å². The van der Waals surface area contributed by atoms with Crippen LogP contribution in [0.25, 0.3) is 0 Å². The molecule has 3 aliphatic carbocycles. The Morgan fingerprint density at radius 1 is 0.581 bits per heavy atom. The van der Waals surface area contributed by atoms with Crippen molar-refractivity contribution in [3.63, 3.8) is 0 Å². The lowest BCUT2D eigenvalue weighted by Crippen LogP contribution is -2.35. The van der Waals surface area contributed by atoms with Crippen LogP contribution in [0.15, 0.2) is 0 Å². The van der Waals surface area contributed by atoms with Crippen molar-refractivity contribution in [1.82, 2.24) is 0 Å². The molecule has 0 radical (unpaired) electrons. The van der Waals surface area contributed by atoms with E-state index in [1.54, 1.807) is 0 Å². The molecule has 0 N–H and O–H groups in total. The molecule has 0 aromatic carbocycles. The molecular formula is C19H28N2O10. The molecule has 2 atom stereocenters.